The highest BCUT2D eigenvalue weighted by atomic mass is 15.6. The average Bonchev–Trinajstić information content (AvgIpc) is 3.06. The van der Waals surface area contributed by atoms with Gasteiger partial charge in [0.25, 0.3) is 0 Å². The summed E-state index contributed by atoms with van der Waals surface area (Å²) in [4.78, 5) is 2.41. The summed E-state index contributed by atoms with van der Waals surface area (Å²) >= 11 is 0. The van der Waals surface area contributed by atoms with Crippen LogP contribution in [0, 0.1) is 0 Å². The van der Waals surface area contributed by atoms with E-state index in [2.05, 4.69) is 69.0 Å². The fraction of sp³-hybridized carbons (Fsp3) is 0.375. The number of anilines is 1. The molecule has 23 heavy (non-hydrogen) atoms. The number of tetrazole rings is 1. The number of aromatic nitrogens is 5. The second-order valence-corrected chi connectivity index (χ2v) is 5.33. The van der Waals surface area contributed by atoms with Crippen molar-refractivity contribution in [1.82, 2.24) is 30.2 Å². The molecule has 0 saturated carbocycles. The Morgan fingerprint density at radius 3 is 2.61 bits per heavy atom. The number of hydrogen-bond donors (Lipinski definition) is 1. The lowest BCUT2D eigenvalue weighted by atomic mass is 10.1. The Morgan fingerprint density at radius 2 is 1.83 bits per heavy atom. The van der Waals surface area contributed by atoms with Gasteiger partial charge in [0.1, 0.15) is 5.82 Å². The highest BCUT2D eigenvalue weighted by Crippen LogP contribution is 2.14. The molecule has 7 heteroatoms. The Labute approximate surface area is 135 Å². The van der Waals surface area contributed by atoms with E-state index in [1.807, 2.05) is 12.1 Å². The number of nitrogens with zero attached hydrogens (tertiary/aromatic N) is 6. The number of fused-ring (bicyclic) bond motifs is 1. The molecular weight excluding hydrogens is 290 g/mol. The monoisotopic (exact) mass is 311 g/mol. The first-order valence-corrected chi connectivity index (χ1v) is 7.88. The van der Waals surface area contributed by atoms with Gasteiger partial charge in [-0.25, -0.2) is 0 Å². The topological polar surface area (TPSA) is 71.2 Å². The molecule has 2 heterocycles. The van der Waals surface area contributed by atoms with Gasteiger partial charge in [0, 0.05) is 13.1 Å². The van der Waals surface area contributed by atoms with Crippen LogP contribution < -0.4 is 5.32 Å². The SMILES string of the molecule is CCN(CC)Cc1ccccc1CNc1ccc2nnnn2n1. The molecular formula is C16H21N7. The van der Waals surface area contributed by atoms with E-state index >= 15 is 0 Å². The van der Waals surface area contributed by atoms with Crippen LogP contribution in [-0.4, -0.2) is 43.2 Å². The lowest BCUT2D eigenvalue weighted by Crippen LogP contribution is -2.23. The number of hydrogen-bond acceptors (Lipinski definition) is 6. The molecule has 2 aromatic heterocycles. The Kier molecular flexibility index (Phi) is 4.77. The van der Waals surface area contributed by atoms with Crippen LogP contribution >= 0.6 is 0 Å². The van der Waals surface area contributed by atoms with Crippen molar-refractivity contribution in [3.05, 3.63) is 47.5 Å². The zero-order valence-electron chi connectivity index (χ0n) is 13.5. The molecule has 0 amide bonds. The van der Waals surface area contributed by atoms with E-state index in [9.17, 15) is 0 Å². The molecule has 0 saturated heterocycles. The third kappa shape index (κ3) is 3.62. The van der Waals surface area contributed by atoms with E-state index < -0.39 is 0 Å². The third-order valence-corrected chi connectivity index (χ3v) is 3.94. The maximum Gasteiger partial charge on any atom is 0.200 e. The Morgan fingerprint density at radius 1 is 1.04 bits per heavy atom. The van der Waals surface area contributed by atoms with Crippen molar-refractivity contribution >= 4 is 11.5 Å². The minimum atomic E-state index is 0.637. The maximum atomic E-state index is 4.33. The van der Waals surface area contributed by atoms with E-state index in [-0.39, 0.29) is 0 Å². The van der Waals surface area contributed by atoms with Crippen molar-refractivity contribution in [2.24, 2.45) is 0 Å². The van der Waals surface area contributed by atoms with Crippen LogP contribution in [-0.2, 0) is 13.1 Å². The molecule has 0 aliphatic carbocycles. The van der Waals surface area contributed by atoms with Gasteiger partial charge in [0.2, 0.25) is 0 Å². The van der Waals surface area contributed by atoms with Crippen molar-refractivity contribution in [2.45, 2.75) is 26.9 Å². The van der Waals surface area contributed by atoms with E-state index in [1.165, 1.54) is 15.8 Å². The van der Waals surface area contributed by atoms with E-state index in [0.717, 1.165) is 32.0 Å². The average molecular weight is 311 g/mol. The summed E-state index contributed by atoms with van der Waals surface area (Å²) in [6.45, 7) is 8.17. The van der Waals surface area contributed by atoms with Crippen molar-refractivity contribution in [3.63, 3.8) is 0 Å². The third-order valence-electron chi connectivity index (χ3n) is 3.94. The summed E-state index contributed by atoms with van der Waals surface area (Å²) in [5.41, 5.74) is 3.25. The van der Waals surface area contributed by atoms with Gasteiger partial charge < -0.3 is 5.32 Å². The molecule has 0 aliphatic heterocycles. The molecule has 1 N–H and O–H groups in total. The second-order valence-electron chi connectivity index (χ2n) is 5.33. The van der Waals surface area contributed by atoms with E-state index in [0.29, 0.717) is 5.65 Å². The predicted octanol–water partition coefficient (Wildman–Crippen LogP) is 1.97. The highest BCUT2D eigenvalue weighted by Gasteiger charge is 2.07. The summed E-state index contributed by atoms with van der Waals surface area (Å²) in [5.74, 6) is 0.752. The molecule has 0 radical (unpaired) electrons. The molecule has 3 rings (SSSR count). The fourth-order valence-electron chi connectivity index (χ4n) is 2.50. The number of rotatable bonds is 7. The van der Waals surface area contributed by atoms with Crippen LogP contribution in [0.5, 0.6) is 0 Å². The molecule has 0 spiro atoms. The summed E-state index contributed by atoms with van der Waals surface area (Å²) in [6, 6.07) is 12.2. The Hall–Kier alpha value is -2.54. The lowest BCUT2D eigenvalue weighted by Gasteiger charge is -2.20. The minimum Gasteiger partial charge on any atom is -0.364 e. The van der Waals surface area contributed by atoms with Gasteiger partial charge in [-0.3, -0.25) is 4.90 Å². The summed E-state index contributed by atoms with van der Waals surface area (Å²) < 4.78 is 1.42. The summed E-state index contributed by atoms with van der Waals surface area (Å²) in [5, 5.41) is 18.9. The smallest absolute Gasteiger partial charge is 0.200 e. The van der Waals surface area contributed by atoms with Crippen molar-refractivity contribution in [1.29, 1.82) is 0 Å². The van der Waals surface area contributed by atoms with Gasteiger partial charge in [-0.15, -0.1) is 14.8 Å². The standard InChI is InChI=1S/C16H21N7/c1-3-22(4-2)12-14-8-6-5-7-13(14)11-17-15-9-10-16-18-20-21-23(16)19-15/h5-10H,3-4,11-12H2,1-2H3,(H,17,19). The number of nitrogens with one attached hydrogen (secondary N) is 1. The van der Waals surface area contributed by atoms with Gasteiger partial charge in [0.05, 0.1) is 0 Å². The van der Waals surface area contributed by atoms with Crippen molar-refractivity contribution in [3.8, 4) is 0 Å². The second kappa shape index (κ2) is 7.15. The van der Waals surface area contributed by atoms with Crippen LogP contribution in [0.4, 0.5) is 5.82 Å². The normalized spacial score (nSPS) is 11.3. The molecule has 120 valence electrons. The first-order valence-electron chi connectivity index (χ1n) is 7.88. The van der Waals surface area contributed by atoms with Crippen LogP contribution in [0.2, 0.25) is 0 Å². The predicted molar refractivity (Wildman–Crippen MR) is 89.0 cm³/mol. The lowest BCUT2D eigenvalue weighted by molar-refractivity contribution is 0.295. The van der Waals surface area contributed by atoms with Crippen LogP contribution in [0.1, 0.15) is 25.0 Å². The molecule has 3 aromatic rings. The quantitative estimate of drug-likeness (QED) is 0.719. The molecule has 1 aromatic carbocycles. The van der Waals surface area contributed by atoms with Gasteiger partial charge >= 0.3 is 0 Å². The van der Waals surface area contributed by atoms with Gasteiger partial charge in [-0.05, 0) is 46.8 Å². The summed E-state index contributed by atoms with van der Waals surface area (Å²) in [7, 11) is 0. The van der Waals surface area contributed by atoms with Crippen LogP contribution in [0.3, 0.4) is 0 Å². The molecule has 0 aliphatic rings. The van der Waals surface area contributed by atoms with E-state index in [1.54, 1.807) is 0 Å². The van der Waals surface area contributed by atoms with Crippen LogP contribution in [0.25, 0.3) is 5.65 Å². The largest absolute Gasteiger partial charge is 0.364 e. The fourth-order valence-corrected chi connectivity index (χ4v) is 2.50. The molecule has 0 unspecified atom stereocenters. The highest BCUT2D eigenvalue weighted by molar-refractivity contribution is 5.43. The molecule has 0 fully saturated rings. The van der Waals surface area contributed by atoms with Gasteiger partial charge in [0.15, 0.2) is 5.65 Å². The first-order chi connectivity index (χ1) is 11.3. The van der Waals surface area contributed by atoms with Crippen molar-refractivity contribution in [2.75, 3.05) is 18.4 Å². The first kappa shape index (κ1) is 15.4. The minimum absolute atomic E-state index is 0.637. The van der Waals surface area contributed by atoms with Crippen LogP contribution in [0.15, 0.2) is 36.4 Å². The Bertz CT molecular complexity index is 764. The zero-order chi connectivity index (χ0) is 16.1. The van der Waals surface area contributed by atoms with Gasteiger partial charge in [-0.1, -0.05) is 38.1 Å². The van der Waals surface area contributed by atoms with E-state index in [4.69, 9.17) is 0 Å². The maximum absolute atomic E-state index is 4.33. The Balaban J connectivity index is 1.72. The van der Waals surface area contributed by atoms with Crippen molar-refractivity contribution < 1.29 is 0 Å². The molecule has 0 atom stereocenters. The van der Waals surface area contributed by atoms with Gasteiger partial charge in [-0.2, -0.15) is 0 Å². The zero-order valence-corrected chi connectivity index (χ0v) is 13.5. The molecule has 7 nitrogen and oxygen atoms in total. The number of benzene rings is 1. The summed E-state index contributed by atoms with van der Waals surface area (Å²) in [6.07, 6.45) is 0. The molecule has 0 bridgehead atoms.